The summed E-state index contributed by atoms with van der Waals surface area (Å²) >= 11 is 8.24. The van der Waals surface area contributed by atoms with Crippen molar-refractivity contribution in [1.82, 2.24) is 9.80 Å². The third-order valence-electron chi connectivity index (χ3n) is 9.61. The molecule has 3 saturated heterocycles. The van der Waals surface area contributed by atoms with Crippen molar-refractivity contribution in [3.05, 3.63) is 90.5 Å². The molecule has 7 atom stereocenters. The van der Waals surface area contributed by atoms with Gasteiger partial charge in [0.15, 0.2) is 0 Å². The van der Waals surface area contributed by atoms with Crippen molar-refractivity contribution in [2.24, 2.45) is 23.7 Å². The molecule has 0 radical (unpaired) electrons. The highest BCUT2D eigenvalue weighted by atomic mass is 35.5. The summed E-state index contributed by atoms with van der Waals surface area (Å²) in [5, 5.41) is 10.9. The maximum absolute atomic E-state index is 14.9. The molecule has 3 fully saturated rings. The topological polar surface area (TPSA) is 81.2 Å². The van der Waals surface area contributed by atoms with Gasteiger partial charge in [-0.3, -0.25) is 14.4 Å². The molecule has 1 spiro atoms. The van der Waals surface area contributed by atoms with Crippen molar-refractivity contribution < 1.29 is 19.5 Å². The van der Waals surface area contributed by atoms with Crippen molar-refractivity contribution in [2.45, 2.75) is 55.8 Å². The molecule has 3 unspecified atom stereocenters. The summed E-state index contributed by atoms with van der Waals surface area (Å²) in [7, 11) is 0. The average Bonchev–Trinajstić information content (AvgIpc) is 3.60. The lowest BCUT2D eigenvalue weighted by atomic mass is 9.65. The second-order valence-corrected chi connectivity index (χ2v) is 14.4. The summed E-state index contributed by atoms with van der Waals surface area (Å²) in [6.07, 6.45) is 4.08. The number of hydrogen-bond donors (Lipinski definition) is 1. The smallest absolute Gasteiger partial charge is 0.251 e. The molecule has 3 heterocycles. The van der Waals surface area contributed by atoms with Crippen molar-refractivity contribution in [1.29, 1.82) is 0 Å². The van der Waals surface area contributed by atoms with E-state index in [0.29, 0.717) is 23.8 Å². The molecule has 1 N–H and O–H groups in total. The Morgan fingerprint density at radius 3 is 2.36 bits per heavy atom. The minimum absolute atomic E-state index is 0.0141. The number of likely N-dealkylation sites (tertiary alicyclic amines) is 1. The fourth-order valence-electron chi connectivity index (χ4n) is 7.66. The largest absolute Gasteiger partial charge is 0.394 e. The summed E-state index contributed by atoms with van der Waals surface area (Å²) in [5.41, 5.74) is 1.53. The van der Waals surface area contributed by atoms with Crippen LogP contribution in [0.2, 0.25) is 5.02 Å². The molecule has 3 aliphatic heterocycles. The van der Waals surface area contributed by atoms with E-state index in [1.54, 1.807) is 56.8 Å². The second kappa shape index (κ2) is 13.1. The standard InChI is InChI=1S/C35H42ClN3O4S/c1-6-17-37(20-24-13-9-8-10-14-24)32(41)29-28-19-23(5)35(44-28)30(29)33(42)39(27(21-40)22(3)4)31(35)34(43)38(18-7-2)26-16-12-11-15-25(26)36/h6-16,22-23,27-31,40H,1-2,17-21H2,3-5H3/t23?,27-,28-,29+,30-,31?,35?/m0/s1. The number of hydrogen-bond acceptors (Lipinski definition) is 5. The quantitative estimate of drug-likeness (QED) is 0.315. The van der Waals surface area contributed by atoms with Gasteiger partial charge in [0.25, 0.3) is 5.91 Å². The van der Waals surface area contributed by atoms with Crippen LogP contribution in [0.4, 0.5) is 5.69 Å². The number of aliphatic hydroxyl groups is 1. The molecule has 2 aromatic carbocycles. The minimum atomic E-state index is -0.888. The first-order valence-electron chi connectivity index (χ1n) is 15.3. The lowest BCUT2D eigenvalue weighted by Gasteiger charge is -2.43. The Morgan fingerprint density at radius 1 is 1.09 bits per heavy atom. The van der Waals surface area contributed by atoms with E-state index in [1.807, 2.05) is 50.2 Å². The summed E-state index contributed by atoms with van der Waals surface area (Å²) in [6.45, 7) is 14.4. The van der Waals surface area contributed by atoms with Gasteiger partial charge in [-0.1, -0.05) is 87.0 Å². The van der Waals surface area contributed by atoms with Crippen LogP contribution in [0.15, 0.2) is 79.9 Å². The van der Waals surface area contributed by atoms with Crippen LogP contribution in [0.25, 0.3) is 0 Å². The number of para-hydroxylation sites is 1. The van der Waals surface area contributed by atoms with Gasteiger partial charge in [0.2, 0.25) is 11.8 Å². The number of fused-ring (bicyclic) bond motifs is 1. The van der Waals surface area contributed by atoms with Gasteiger partial charge in [0.05, 0.1) is 39.9 Å². The predicted octanol–water partition coefficient (Wildman–Crippen LogP) is 5.43. The maximum Gasteiger partial charge on any atom is 0.251 e. The Morgan fingerprint density at radius 2 is 1.75 bits per heavy atom. The van der Waals surface area contributed by atoms with Crippen LogP contribution in [0.3, 0.4) is 0 Å². The third kappa shape index (κ3) is 5.29. The molecule has 3 amide bonds. The number of carbonyl (C=O) groups is 3. The number of thioether (sulfide) groups is 1. The molecule has 3 aliphatic rings. The van der Waals surface area contributed by atoms with E-state index in [4.69, 9.17) is 11.6 Å². The van der Waals surface area contributed by atoms with Crippen LogP contribution < -0.4 is 4.90 Å². The number of carbonyl (C=O) groups excluding carboxylic acids is 3. The van der Waals surface area contributed by atoms with Gasteiger partial charge >= 0.3 is 0 Å². The first-order valence-corrected chi connectivity index (χ1v) is 16.6. The number of rotatable bonds is 12. The molecule has 0 aromatic heterocycles. The Labute approximate surface area is 269 Å². The first kappa shape index (κ1) is 32.3. The fourth-order valence-corrected chi connectivity index (χ4v) is 10.3. The van der Waals surface area contributed by atoms with Crippen LogP contribution in [-0.2, 0) is 20.9 Å². The molecule has 2 aromatic rings. The van der Waals surface area contributed by atoms with Gasteiger partial charge < -0.3 is 19.8 Å². The number of aliphatic hydroxyl groups excluding tert-OH is 1. The monoisotopic (exact) mass is 635 g/mol. The van der Waals surface area contributed by atoms with Gasteiger partial charge in [-0.2, -0.15) is 0 Å². The summed E-state index contributed by atoms with van der Waals surface area (Å²) in [4.78, 5) is 49.2. The molecule has 2 bridgehead atoms. The minimum Gasteiger partial charge on any atom is -0.394 e. The number of benzene rings is 2. The van der Waals surface area contributed by atoms with Crippen LogP contribution in [0, 0.1) is 23.7 Å². The molecule has 44 heavy (non-hydrogen) atoms. The van der Waals surface area contributed by atoms with E-state index in [9.17, 15) is 19.5 Å². The van der Waals surface area contributed by atoms with Gasteiger partial charge in [-0.25, -0.2) is 0 Å². The average molecular weight is 636 g/mol. The normalized spacial score (nSPS) is 27.7. The highest BCUT2D eigenvalue weighted by molar-refractivity contribution is 8.02. The number of nitrogens with zero attached hydrogens (tertiary/aromatic N) is 3. The zero-order chi connectivity index (χ0) is 31.8. The number of halogens is 1. The van der Waals surface area contributed by atoms with Gasteiger partial charge in [0, 0.05) is 24.9 Å². The summed E-state index contributed by atoms with van der Waals surface area (Å²) in [6, 6.07) is 15.5. The molecular formula is C35H42ClN3O4S. The van der Waals surface area contributed by atoms with Gasteiger partial charge in [-0.05, 0) is 36.0 Å². The zero-order valence-corrected chi connectivity index (χ0v) is 27.2. The fraction of sp³-hybridized carbons (Fsp3) is 0.457. The van der Waals surface area contributed by atoms with Crippen LogP contribution in [0.5, 0.6) is 0 Å². The maximum atomic E-state index is 14.9. The van der Waals surface area contributed by atoms with Crippen LogP contribution in [0.1, 0.15) is 32.8 Å². The van der Waals surface area contributed by atoms with Crippen molar-refractivity contribution >= 4 is 46.8 Å². The summed E-state index contributed by atoms with van der Waals surface area (Å²) in [5.74, 6) is -2.02. The zero-order valence-electron chi connectivity index (χ0n) is 25.6. The molecule has 7 nitrogen and oxygen atoms in total. The van der Waals surface area contributed by atoms with E-state index in [-0.39, 0.29) is 48.0 Å². The van der Waals surface area contributed by atoms with Gasteiger partial charge in [-0.15, -0.1) is 24.9 Å². The van der Waals surface area contributed by atoms with E-state index in [0.717, 1.165) is 12.0 Å². The molecule has 5 rings (SSSR count). The molecular weight excluding hydrogens is 594 g/mol. The highest BCUT2D eigenvalue weighted by Gasteiger charge is 2.77. The van der Waals surface area contributed by atoms with Gasteiger partial charge in [0.1, 0.15) is 6.04 Å². The Hall–Kier alpha value is -3.07. The highest BCUT2D eigenvalue weighted by Crippen LogP contribution is 2.69. The molecule has 234 valence electrons. The number of amides is 3. The Bertz CT molecular complexity index is 1420. The lowest BCUT2D eigenvalue weighted by molar-refractivity contribution is -0.146. The predicted molar refractivity (Wildman–Crippen MR) is 177 cm³/mol. The van der Waals surface area contributed by atoms with E-state index < -0.39 is 28.7 Å². The lowest BCUT2D eigenvalue weighted by Crippen LogP contribution is -2.60. The molecule has 0 aliphatic carbocycles. The van der Waals surface area contributed by atoms with Crippen LogP contribution >= 0.6 is 23.4 Å². The van der Waals surface area contributed by atoms with E-state index in [2.05, 4.69) is 20.1 Å². The Kier molecular flexibility index (Phi) is 9.64. The van der Waals surface area contributed by atoms with Crippen molar-refractivity contribution in [2.75, 3.05) is 24.6 Å². The SMILES string of the molecule is C=CCN(Cc1ccccc1)C(=O)[C@@H]1[C@@H]2CC(C)C3(S2)C(C(=O)N(CC=C)c2ccccc2Cl)N([C@@H](CO)C(C)C)C(=O)[C@H]13. The van der Waals surface area contributed by atoms with Crippen molar-refractivity contribution in [3.63, 3.8) is 0 Å². The Balaban J connectivity index is 1.61. The molecule has 0 saturated carbocycles. The number of anilines is 1. The van der Waals surface area contributed by atoms with Crippen LogP contribution in [-0.4, -0.2) is 74.4 Å². The van der Waals surface area contributed by atoms with Crippen molar-refractivity contribution in [3.8, 4) is 0 Å². The second-order valence-electron chi connectivity index (χ2n) is 12.5. The summed E-state index contributed by atoms with van der Waals surface area (Å²) < 4.78 is -0.839. The van der Waals surface area contributed by atoms with E-state index in [1.165, 1.54) is 0 Å². The molecule has 9 heteroatoms. The van der Waals surface area contributed by atoms with E-state index >= 15 is 0 Å². The third-order valence-corrected chi connectivity index (χ3v) is 12.0. The first-order chi connectivity index (χ1) is 21.1.